The molecule has 1 amide bonds. The average Bonchev–Trinajstić information content (AvgIpc) is 2.79. The van der Waals surface area contributed by atoms with Crippen LogP contribution in [-0.2, 0) is 4.79 Å². The summed E-state index contributed by atoms with van der Waals surface area (Å²) in [6.45, 7) is 4.09. The highest BCUT2D eigenvalue weighted by atomic mass is 16.1. The van der Waals surface area contributed by atoms with E-state index < -0.39 is 0 Å². The first kappa shape index (κ1) is 11.9. The predicted molar refractivity (Wildman–Crippen MR) is 65.2 cm³/mol. The van der Waals surface area contributed by atoms with Gasteiger partial charge in [0.2, 0.25) is 5.91 Å². The molecule has 1 aliphatic carbocycles. The second-order valence-electron chi connectivity index (χ2n) is 5.39. The van der Waals surface area contributed by atoms with Crippen LogP contribution in [0.2, 0.25) is 0 Å². The minimum Gasteiger partial charge on any atom is -0.356 e. The lowest BCUT2D eigenvalue weighted by Crippen LogP contribution is -2.47. The Morgan fingerprint density at radius 2 is 2.00 bits per heavy atom. The van der Waals surface area contributed by atoms with Crippen molar-refractivity contribution in [1.82, 2.24) is 10.6 Å². The molecule has 1 aliphatic heterocycles. The number of hydrogen-bond acceptors (Lipinski definition) is 2. The Bertz CT molecular complexity index is 236. The van der Waals surface area contributed by atoms with Gasteiger partial charge in [-0.3, -0.25) is 4.79 Å². The fourth-order valence-electron chi connectivity index (χ4n) is 2.99. The van der Waals surface area contributed by atoms with Crippen LogP contribution < -0.4 is 10.6 Å². The predicted octanol–water partition coefficient (Wildman–Crippen LogP) is 1.68. The second-order valence-corrected chi connectivity index (χ2v) is 5.39. The molecule has 1 heterocycles. The van der Waals surface area contributed by atoms with E-state index in [2.05, 4.69) is 17.6 Å². The van der Waals surface area contributed by atoms with Gasteiger partial charge in [0.05, 0.1) is 5.92 Å². The van der Waals surface area contributed by atoms with Gasteiger partial charge in [-0.25, -0.2) is 0 Å². The molecular weight excluding hydrogens is 200 g/mol. The summed E-state index contributed by atoms with van der Waals surface area (Å²) in [5.41, 5.74) is 0. The Morgan fingerprint density at radius 3 is 2.69 bits per heavy atom. The maximum Gasteiger partial charge on any atom is 0.224 e. The monoisotopic (exact) mass is 224 g/mol. The molecule has 2 unspecified atom stereocenters. The largest absolute Gasteiger partial charge is 0.356 e. The van der Waals surface area contributed by atoms with Gasteiger partial charge in [-0.1, -0.05) is 12.8 Å². The summed E-state index contributed by atoms with van der Waals surface area (Å²) in [6, 6.07) is 0.345. The molecule has 0 aromatic carbocycles. The summed E-state index contributed by atoms with van der Waals surface area (Å²) in [7, 11) is 0. The van der Waals surface area contributed by atoms with Crippen LogP contribution in [0.4, 0.5) is 0 Å². The Balaban J connectivity index is 1.73. The van der Waals surface area contributed by atoms with Crippen molar-refractivity contribution in [2.75, 3.05) is 13.1 Å². The molecule has 2 fully saturated rings. The molecule has 0 aromatic rings. The van der Waals surface area contributed by atoms with Gasteiger partial charge in [0.1, 0.15) is 0 Å². The first-order chi connectivity index (χ1) is 7.77. The number of hydrogen-bond donors (Lipinski definition) is 2. The maximum atomic E-state index is 12.0. The molecule has 3 heteroatoms. The lowest BCUT2D eigenvalue weighted by Gasteiger charge is -2.29. The number of nitrogens with one attached hydrogen (secondary N) is 2. The van der Waals surface area contributed by atoms with Crippen LogP contribution in [0.3, 0.4) is 0 Å². The van der Waals surface area contributed by atoms with Gasteiger partial charge in [-0.15, -0.1) is 0 Å². The molecule has 92 valence electrons. The third-order valence-electron chi connectivity index (χ3n) is 4.14. The van der Waals surface area contributed by atoms with Crippen LogP contribution in [0, 0.1) is 11.8 Å². The molecule has 2 atom stereocenters. The summed E-state index contributed by atoms with van der Waals surface area (Å²) in [4.78, 5) is 12.0. The molecule has 0 aromatic heterocycles. The Morgan fingerprint density at radius 1 is 1.25 bits per heavy atom. The lowest BCUT2D eigenvalue weighted by atomic mass is 9.91. The van der Waals surface area contributed by atoms with Crippen molar-refractivity contribution >= 4 is 5.91 Å². The van der Waals surface area contributed by atoms with E-state index in [0.717, 1.165) is 31.8 Å². The molecular formula is C13H24N2O. The van der Waals surface area contributed by atoms with Crippen molar-refractivity contribution in [3.8, 4) is 0 Å². The van der Waals surface area contributed by atoms with Crippen LogP contribution in [0.15, 0.2) is 0 Å². The minimum atomic E-state index is 0.190. The number of carbonyl (C=O) groups excluding carboxylic acids is 1. The van der Waals surface area contributed by atoms with Crippen LogP contribution in [0.5, 0.6) is 0 Å². The molecule has 2 aliphatic rings. The van der Waals surface area contributed by atoms with E-state index in [4.69, 9.17) is 0 Å². The summed E-state index contributed by atoms with van der Waals surface area (Å²) in [5, 5.41) is 6.53. The fraction of sp³-hybridized carbons (Fsp3) is 0.923. The summed E-state index contributed by atoms with van der Waals surface area (Å²) in [5.74, 6) is 1.21. The lowest BCUT2D eigenvalue weighted by molar-refractivity contribution is -0.126. The highest BCUT2D eigenvalue weighted by Crippen LogP contribution is 2.24. The number of rotatable bonds is 3. The Labute approximate surface area is 98.4 Å². The van der Waals surface area contributed by atoms with Gasteiger partial charge in [0.15, 0.2) is 0 Å². The van der Waals surface area contributed by atoms with Crippen molar-refractivity contribution in [2.45, 2.75) is 51.5 Å². The highest BCUT2D eigenvalue weighted by Gasteiger charge is 2.27. The SMILES string of the molecule is CC1NCCCC1C(=O)NCC1CCCC1. The van der Waals surface area contributed by atoms with Crippen LogP contribution in [-0.4, -0.2) is 25.0 Å². The normalized spacial score (nSPS) is 31.6. The van der Waals surface area contributed by atoms with E-state index in [1.807, 2.05) is 0 Å². The van der Waals surface area contributed by atoms with Gasteiger partial charge in [-0.2, -0.15) is 0 Å². The van der Waals surface area contributed by atoms with Gasteiger partial charge in [0, 0.05) is 12.6 Å². The van der Waals surface area contributed by atoms with Crippen molar-refractivity contribution < 1.29 is 4.79 Å². The molecule has 16 heavy (non-hydrogen) atoms. The zero-order valence-corrected chi connectivity index (χ0v) is 10.3. The molecule has 1 saturated heterocycles. The standard InChI is InChI=1S/C13H24N2O/c1-10-12(7-4-8-14-10)13(16)15-9-11-5-2-3-6-11/h10-12,14H,2-9H2,1H3,(H,15,16). The summed E-state index contributed by atoms with van der Waals surface area (Å²) in [6.07, 6.45) is 7.48. The van der Waals surface area contributed by atoms with E-state index in [9.17, 15) is 4.79 Å². The summed E-state index contributed by atoms with van der Waals surface area (Å²) < 4.78 is 0. The van der Waals surface area contributed by atoms with Crippen molar-refractivity contribution in [3.63, 3.8) is 0 Å². The maximum absolute atomic E-state index is 12.0. The topological polar surface area (TPSA) is 41.1 Å². The van der Waals surface area contributed by atoms with Crippen molar-refractivity contribution in [3.05, 3.63) is 0 Å². The first-order valence-electron chi connectivity index (χ1n) is 6.78. The molecule has 2 N–H and O–H groups in total. The summed E-state index contributed by atoms with van der Waals surface area (Å²) >= 11 is 0. The van der Waals surface area contributed by atoms with E-state index in [-0.39, 0.29) is 11.8 Å². The third kappa shape index (κ3) is 2.97. The van der Waals surface area contributed by atoms with Crippen LogP contribution in [0.25, 0.3) is 0 Å². The smallest absolute Gasteiger partial charge is 0.224 e. The van der Waals surface area contributed by atoms with E-state index in [0.29, 0.717) is 6.04 Å². The number of carbonyl (C=O) groups is 1. The third-order valence-corrected chi connectivity index (χ3v) is 4.14. The average molecular weight is 224 g/mol. The zero-order chi connectivity index (χ0) is 11.4. The van der Waals surface area contributed by atoms with E-state index in [1.54, 1.807) is 0 Å². The van der Waals surface area contributed by atoms with Crippen molar-refractivity contribution in [2.24, 2.45) is 11.8 Å². The van der Waals surface area contributed by atoms with Crippen molar-refractivity contribution in [1.29, 1.82) is 0 Å². The van der Waals surface area contributed by atoms with Crippen LogP contribution >= 0.6 is 0 Å². The molecule has 1 saturated carbocycles. The Hall–Kier alpha value is -0.570. The van der Waals surface area contributed by atoms with E-state index in [1.165, 1.54) is 25.7 Å². The molecule has 0 spiro atoms. The molecule has 0 radical (unpaired) electrons. The van der Waals surface area contributed by atoms with Gasteiger partial charge in [-0.05, 0) is 45.1 Å². The number of amides is 1. The van der Waals surface area contributed by atoms with E-state index >= 15 is 0 Å². The minimum absolute atomic E-state index is 0.190. The number of piperidine rings is 1. The zero-order valence-electron chi connectivity index (χ0n) is 10.3. The van der Waals surface area contributed by atoms with Gasteiger partial charge < -0.3 is 10.6 Å². The first-order valence-corrected chi connectivity index (χ1v) is 6.78. The Kier molecular flexibility index (Phi) is 4.22. The molecule has 3 nitrogen and oxygen atoms in total. The van der Waals surface area contributed by atoms with Gasteiger partial charge in [0.25, 0.3) is 0 Å². The molecule has 0 bridgehead atoms. The highest BCUT2D eigenvalue weighted by molar-refractivity contribution is 5.79. The van der Waals surface area contributed by atoms with Gasteiger partial charge >= 0.3 is 0 Å². The molecule has 2 rings (SSSR count). The fourth-order valence-corrected chi connectivity index (χ4v) is 2.99. The van der Waals surface area contributed by atoms with Crippen LogP contribution in [0.1, 0.15) is 45.4 Å². The second kappa shape index (κ2) is 5.67. The quantitative estimate of drug-likeness (QED) is 0.766.